The van der Waals surface area contributed by atoms with Crippen molar-refractivity contribution in [2.75, 3.05) is 6.61 Å². The van der Waals surface area contributed by atoms with E-state index in [4.69, 9.17) is 16.3 Å². The Morgan fingerprint density at radius 3 is 2.00 bits per heavy atom. The maximum atomic E-state index is 11.8. The minimum Gasteiger partial charge on any atom is -0.464 e. The van der Waals surface area contributed by atoms with Crippen molar-refractivity contribution in [3.8, 4) is 0 Å². The molecule has 18 heavy (non-hydrogen) atoms. The molecule has 3 heteroatoms. The molecule has 4 bridgehead atoms. The SMILES string of the molecule is CC(C)(Cl)C(=O)OCC12CC3CC(CC(C3)C1)C2. The predicted octanol–water partition coefficient (Wildman–Crippen LogP) is 3.76. The van der Waals surface area contributed by atoms with Crippen LogP contribution < -0.4 is 0 Å². The van der Waals surface area contributed by atoms with E-state index >= 15 is 0 Å². The van der Waals surface area contributed by atoms with Crippen LogP contribution in [0, 0.1) is 23.2 Å². The molecule has 0 atom stereocenters. The molecule has 0 unspecified atom stereocenters. The Kier molecular flexibility index (Phi) is 2.93. The van der Waals surface area contributed by atoms with Crippen LogP contribution >= 0.6 is 11.6 Å². The van der Waals surface area contributed by atoms with E-state index in [1.165, 1.54) is 38.5 Å². The van der Waals surface area contributed by atoms with E-state index < -0.39 is 4.87 Å². The number of alkyl halides is 1. The summed E-state index contributed by atoms with van der Waals surface area (Å²) in [6.07, 6.45) is 8.09. The molecule has 0 aromatic heterocycles. The van der Waals surface area contributed by atoms with Crippen molar-refractivity contribution in [1.82, 2.24) is 0 Å². The van der Waals surface area contributed by atoms with Crippen LogP contribution in [-0.2, 0) is 9.53 Å². The summed E-state index contributed by atoms with van der Waals surface area (Å²) in [6.45, 7) is 4.01. The van der Waals surface area contributed by atoms with E-state index in [1.807, 2.05) is 0 Å². The molecule has 0 N–H and O–H groups in total. The molecule has 0 saturated heterocycles. The molecule has 4 aliphatic rings. The van der Waals surface area contributed by atoms with E-state index in [-0.39, 0.29) is 5.97 Å². The second-order valence-electron chi connectivity index (χ2n) is 7.47. The number of ether oxygens (including phenoxy) is 1. The molecule has 102 valence electrons. The normalized spacial score (nSPS) is 42.1. The number of rotatable bonds is 3. The van der Waals surface area contributed by atoms with Gasteiger partial charge in [-0.25, -0.2) is 0 Å². The largest absolute Gasteiger partial charge is 0.464 e. The Morgan fingerprint density at radius 2 is 1.61 bits per heavy atom. The average Bonchev–Trinajstić information content (AvgIpc) is 2.22. The standard InChI is InChI=1S/C15H23ClO2/c1-14(2,16)13(17)18-9-15-6-10-3-11(7-15)5-12(4-10)8-15/h10-12H,3-9H2,1-2H3. The summed E-state index contributed by atoms with van der Waals surface area (Å²) in [5, 5.41) is 0. The molecule has 4 rings (SSSR count). The predicted molar refractivity (Wildman–Crippen MR) is 71.5 cm³/mol. The van der Waals surface area contributed by atoms with Crippen molar-refractivity contribution in [2.24, 2.45) is 23.2 Å². The number of esters is 1. The summed E-state index contributed by atoms with van der Waals surface area (Å²) < 4.78 is 5.52. The Bertz CT molecular complexity index is 321. The summed E-state index contributed by atoms with van der Waals surface area (Å²) in [7, 11) is 0. The fourth-order valence-electron chi connectivity index (χ4n) is 4.86. The number of carbonyl (C=O) groups is 1. The summed E-state index contributed by atoms with van der Waals surface area (Å²) in [5.41, 5.74) is 0.298. The number of hydrogen-bond donors (Lipinski definition) is 0. The molecule has 0 heterocycles. The minimum atomic E-state index is -0.887. The van der Waals surface area contributed by atoms with Crippen LogP contribution in [0.4, 0.5) is 0 Å². The highest BCUT2D eigenvalue weighted by Gasteiger charge is 2.51. The highest BCUT2D eigenvalue weighted by atomic mass is 35.5. The minimum absolute atomic E-state index is 0.264. The third-order valence-corrected chi connectivity index (χ3v) is 5.31. The Balaban J connectivity index is 1.64. The van der Waals surface area contributed by atoms with Gasteiger partial charge in [-0.3, -0.25) is 4.79 Å². The molecular formula is C15H23ClO2. The Morgan fingerprint density at radius 1 is 1.17 bits per heavy atom. The van der Waals surface area contributed by atoms with Gasteiger partial charge in [-0.2, -0.15) is 0 Å². The third-order valence-electron chi connectivity index (χ3n) is 5.16. The summed E-state index contributed by atoms with van der Waals surface area (Å²) in [5.74, 6) is 2.44. The molecule has 4 aliphatic carbocycles. The molecule has 0 spiro atoms. The summed E-state index contributed by atoms with van der Waals surface area (Å²) in [6, 6.07) is 0. The monoisotopic (exact) mass is 270 g/mol. The molecular weight excluding hydrogens is 248 g/mol. The number of carbonyl (C=O) groups excluding carboxylic acids is 1. The van der Waals surface area contributed by atoms with Crippen molar-refractivity contribution in [2.45, 2.75) is 57.2 Å². The van der Waals surface area contributed by atoms with Gasteiger partial charge in [-0.15, -0.1) is 11.6 Å². The molecule has 0 aliphatic heterocycles. The second kappa shape index (κ2) is 4.13. The van der Waals surface area contributed by atoms with Crippen LogP contribution in [0.25, 0.3) is 0 Å². The lowest BCUT2D eigenvalue weighted by Crippen LogP contribution is -2.49. The van der Waals surface area contributed by atoms with Gasteiger partial charge in [0.25, 0.3) is 0 Å². The summed E-state index contributed by atoms with van der Waals surface area (Å²) in [4.78, 5) is 10.9. The van der Waals surface area contributed by atoms with Gasteiger partial charge in [0, 0.05) is 5.41 Å². The lowest BCUT2D eigenvalue weighted by atomic mass is 9.50. The van der Waals surface area contributed by atoms with Crippen molar-refractivity contribution < 1.29 is 9.53 Å². The van der Waals surface area contributed by atoms with Crippen molar-refractivity contribution in [3.05, 3.63) is 0 Å². The smallest absolute Gasteiger partial charge is 0.326 e. The van der Waals surface area contributed by atoms with E-state index in [0.717, 1.165) is 17.8 Å². The molecule has 0 amide bonds. The van der Waals surface area contributed by atoms with Gasteiger partial charge < -0.3 is 4.74 Å². The zero-order chi connectivity index (χ0) is 13.0. The van der Waals surface area contributed by atoms with Gasteiger partial charge in [0.05, 0.1) is 6.61 Å². The molecule has 4 fully saturated rings. The fraction of sp³-hybridized carbons (Fsp3) is 0.933. The van der Waals surface area contributed by atoms with Gasteiger partial charge in [0.15, 0.2) is 0 Å². The van der Waals surface area contributed by atoms with Crippen LogP contribution in [0.1, 0.15) is 52.4 Å². The van der Waals surface area contributed by atoms with Gasteiger partial charge in [-0.05, 0) is 70.1 Å². The molecule has 0 aromatic rings. The molecule has 0 aromatic carbocycles. The highest BCUT2D eigenvalue weighted by Crippen LogP contribution is 2.60. The zero-order valence-electron chi connectivity index (χ0n) is 11.4. The Labute approximate surface area is 114 Å². The second-order valence-corrected chi connectivity index (χ2v) is 8.41. The first-order valence-corrected chi connectivity index (χ1v) is 7.60. The van der Waals surface area contributed by atoms with Crippen LogP contribution in [0.15, 0.2) is 0 Å². The van der Waals surface area contributed by atoms with Crippen LogP contribution in [0.3, 0.4) is 0 Å². The average molecular weight is 271 g/mol. The fourth-order valence-corrected chi connectivity index (χ4v) is 4.91. The van der Waals surface area contributed by atoms with Crippen LogP contribution in [0.5, 0.6) is 0 Å². The zero-order valence-corrected chi connectivity index (χ0v) is 12.1. The number of halogens is 1. The highest BCUT2D eigenvalue weighted by molar-refractivity contribution is 6.33. The third kappa shape index (κ3) is 2.29. The molecule has 0 radical (unpaired) electrons. The maximum absolute atomic E-state index is 11.8. The van der Waals surface area contributed by atoms with Gasteiger partial charge in [0.1, 0.15) is 4.87 Å². The summed E-state index contributed by atoms with van der Waals surface area (Å²) >= 11 is 6.00. The lowest BCUT2D eigenvalue weighted by molar-refractivity contribution is -0.157. The van der Waals surface area contributed by atoms with Crippen LogP contribution in [-0.4, -0.2) is 17.5 Å². The molecule has 2 nitrogen and oxygen atoms in total. The maximum Gasteiger partial charge on any atom is 0.326 e. The van der Waals surface area contributed by atoms with Crippen molar-refractivity contribution >= 4 is 17.6 Å². The van der Waals surface area contributed by atoms with E-state index in [1.54, 1.807) is 13.8 Å². The first-order chi connectivity index (χ1) is 8.36. The van der Waals surface area contributed by atoms with Crippen LogP contribution in [0.2, 0.25) is 0 Å². The number of hydrogen-bond acceptors (Lipinski definition) is 2. The topological polar surface area (TPSA) is 26.3 Å². The first kappa shape index (κ1) is 12.8. The van der Waals surface area contributed by atoms with Crippen molar-refractivity contribution in [3.63, 3.8) is 0 Å². The first-order valence-electron chi connectivity index (χ1n) is 7.22. The quantitative estimate of drug-likeness (QED) is 0.576. The van der Waals surface area contributed by atoms with Gasteiger partial charge in [-0.1, -0.05) is 0 Å². The molecule has 4 saturated carbocycles. The van der Waals surface area contributed by atoms with Gasteiger partial charge in [0.2, 0.25) is 0 Å². The van der Waals surface area contributed by atoms with Crippen molar-refractivity contribution in [1.29, 1.82) is 0 Å². The van der Waals surface area contributed by atoms with E-state index in [0.29, 0.717) is 12.0 Å². The van der Waals surface area contributed by atoms with E-state index in [9.17, 15) is 4.79 Å². The lowest BCUT2D eigenvalue weighted by Gasteiger charge is -2.56. The van der Waals surface area contributed by atoms with E-state index in [2.05, 4.69) is 0 Å². The Hall–Kier alpha value is -0.240. The van der Waals surface area contributed by atoms with Gasteiger partial charge >= 0.3 is 5.97 Å².